The first-order valence-corrected chi connectivity index (χ1v) is 4.26. The lowest BCUT2D eigenvalue weighted by Crippen LogP contribution is -2.04. The summed E-state index contributed by atoms with van der Waals surface area (Å²) in [4.78, 5) is 0. The van der Waals surface area contributed by atoms with Crippen LogP contribution in [-0.2, 0) is 0 Å². The molecule has 0 heterocycles. The zero-order valence-corrected chi connectivity index (χ0v) is 6.86. The van der Waals surface area contributed by atoms with Crippen LogP contribution in [0, 0.1) is 5.21 Å². The van der Waals surface area contributed by atoms with E-state index in [4.69, 9.17) is 0 Å². The van der Waals surface area contributed by atoms with Crippen LogP contribution in [0.3, 0.4) is 0 Å². The number of unbranched alkanes of at least 4 members (excludes halogenated alkanes) is 5. The Morgan fingerprint density at radius 1 is 1.00 bits per heavy atom. The highest BCUT2D eigenvalue weighted by Crippen LogP contribution is 2.03. The third-order valence-corrected chi connectivity index (χ3v) is 1.63. The topological polar surface area (TPSA) is 35.1 Å². The molecule has 62 valence electrons. The highest BCUT2D eigenvalue weighted by atomic mass is 16.5. The second kappa shape index (κ2) is 8.92. The lowest BCUT2D eigenvalue weighted by Gasteiger charge is -2.05. The van der Waals surface area contributed by atoms with E-state index in [0.29, 0.717) is 6.54 Å². The molecule has 0 radical (unpaired) electrons. The maximum atomic E-state index is 9.77. The van der Waals surface area contributed by atoms with Gasteiger partial charge in [-0.05, 0) is 13.0 Å². The van der Waals surface area contributed by atoms with Crippen LogP contribution in [0.1, 0.15) is 45.4 Å². The van der Waals surface area contributed by atoms with Gasteiger partial charge in [0.05, 0.1) is 0 Å². The molecule has 0 saturated carbocycles. The summed E-state index contributed by atoms with van der Waals surface area (Å²) in [6, 6.07) is 0. The van der Waals surface area contributed by atoms with Gasteiger partial charge in [-0.25, -0.2) is 0 Å². The third-order valence-electron chi connectivity index (χ3n) is 1.63. The fraction of sp³-hybridized carbons (Fsp3) is 1.00. The number of rotatable bonds is 7. The van der Waals surface area contributed by atoms with Crippen LogP contribution >= 0.6 is 0 Å². The van der Waals surface area contributed by atoms with Crippen molar-refractivity contribution in [2.45, 2.75) is 45.4 Å². The van der Waals surface area contributed by atoms with Crippen molar-refractivity contribution >= 4 is 0 Å². The Hall–Kier alpha value is -0.0800. The van der Waals surface area contributed by atoms with Crippen molar-refractivity contribution in [3.63, 3.8) is 0 Å². The molecular weight excluding hydrogens is 126 g/mol. The Kier molecular flexibility index (Phi) is 8.85. The van der Waals surface area contributed by atoms with Gasteiger partial charge in [-0.3, -0.25) is 0 Å². The number of hydrogen-bond acceptors (Lipinski definition) is 2. The van der Waals surface area contributed by atoms with Crippen LogP contribution in [0.15, 0.2) is 0 Å². The summed E-state index contributed by atoms with van der Waals surface area (Å²) >= 11 is 0. The van der Waals surface area contributed by atoms with Gasteiger partial charge in [0.25, 0.3) is 0 Å². The van der Waals surface area contributed by atoms with E-state index in [-0.39, 0.29) is 0 Å². The predicted molar refractivity (Wildman–Crippen MR) is 44.7 cm³/mol. The van der Waals surface area contributed by atoms with Crippen LogP contribution in [0.5, 0.6) is 0 Å². The standard InChI is InChI=1S/C8H18NO/c1-2-3-4-5-6-7-8-9-10/h9H,2-8H2,1H3/q-1. The molecule has 0 aliphatic carbocycles. The smallest absolute Gasteiger partial charge is 0.0170 e. The molecule has 0 rings (SSSR count). The van der Waals surface area contributed by atoms with E-state index in [2.05, 4.69) is 6.92 Å². The molecule has 0 aromatic heterocycles. The maximum absolute atomic E-state index is 9.77. The number of hydroxylamine groups is 1. The van der Waals surface area contributed by atoms with Crippen LogP contribution in [0.2, 0.25) is 0 Å². The van der Waals surface area contributed by atoms with Crippen LogP contribution in [0.4, 0.5) is 0 Å². The predicted octanol–water partition coefficient (Wildman–Crippen LogP) is 2.43. The molecule has 10 heavy (non-hydrogen) atoms. The molecule has 0 atom stereocenters. The van der Waals surface area contributed by atoms with Crippen LogP contribution in [0.25, 0.3) is 0 Å². The summed E-state index contributed by atoms with van der Waals surface area (Å²) in [6.45, 7) is 2.84. The molecule has 0 fully saturated rings. The first-order valence-electron chi connectivity index (χ1n) is 4.26. The average molecular weight is 144 g/mol. The molecule has 0 aromatic carbocycles. The monoisotopic (exact) mass is 144 g/mol. The van der Waals surface area contributed by atoms with Gasteiger partial charge < -0.3 is 10.7 Å². The van der Waals surface area contributed by atoms with Gasteiger partial charge in [0.15, 0.2) is 0 Å². The fourth-order valence-corrected chi connectivity index (χ4v) is 0.977. The van der Waals surface area contributed by atoms with Gasteiger partial charge in [-0.15, -0.1) is 0 Å². The fourth-order valence-electron chi connectivity index (χ4n) is 0.977. The molecule has 0 aliphatic heterocycles. The normalized spacial score (nSPS) is 10.2. The minimum atomic E-state index is 0.631. The van der Waals surface area contributed by atoms with Crippen LogP contribution in [-0.4, -0.2) is 6.54 Å². The minimum absolute atomic E-state index is 0.631. The van der Waals surface area contributed by atoms with E-state index in [9.17, 15) is 5.21 Å². The molecule has 0 bridgehead atoms. The quantitative estimate of drug-likeness (QED) is 0.440. The van der Waals surface area contributed by atoms with Crippen LogP contribution < -0.4 is 5.48 Å². The molecule has 0 saturated heterocycles. The summed E-state index contributed by atoms with van der Waals surface area (Å²) in [5, 5.41) is 9.77. The van der Waals surface area contributed by atoms with Gasteiger partial charge in [0.2, 0.25) is 0 Å². The highest BCUT2D eigenvalue weighted by Gasteiger charge is 1.86. The summed E-state index contributed by atoms with van der Waals surface area (Å²) in [7, 11) is 0. The second-order valence-corrected chi connectivity index (χ2v) is 2.66. The molecule has 2 nitrogen and oxygen atoms in total. The lowest BCUT2D eigenvalue weighted by atomic mass is 10.1. The first-order chi connectivity index (χ1) is 4.91. The molecule has 0 aliphatic rings. The largest absolute Gasteiger partial charge is 0.788 e. The van der Waals surface area contributed by atoms with Crippen molar-refractivity contribution in [1.29, 1.82) is 0 Å². The molecular formula is C8H18NO-. The van der Waals surface area contributed by atoms with Gasteiger partial charge in [0, 0.05) is 0 Å². The van der Waals surface area contributed by atoms with Crippen molar-refractivity contribution in [3.8, 4) is 0 Å². The lowest BCUT2D eigenvalue weighted by molar-refractivity contribution is 0.598. The van der Waals surface area contributed by atoms with Crippen molar-refractivity contribution in [3.05, 3.63) is 5.21 Å². The van der Waals surface area contributed by atoms with Gasteiger partial charge >= 0.3 is 0 Å². The highest BCUT2D eigenvalue weighted by molar-refractivity contribution is 4.47. The Morgan fingerprint density at radius 3 is 2.20 bits per heavy atom. The molecule has 0 unspecified atom stereocenters. The van der Waals surface area contributed by atoms with Gasteiger partial charge in [-0.1, -0.05) is 39.0 Å². The maximum Gasteiger partial charge on any atom is -0.0170 e. The second-order valence-electron chi connectivity index (χ2n) is 2.66. The van der Waals surface area contributed by atoms with Gasteiger partial charge in [0.1, 0.15) is 0 Å². The molecule has 2 heteroatoms. The summed E-state index contributed by atoms with van der Waals surface area (Å²) < 4.78 is 0. The minimum Gasteiger partial charge on any atom is -0.788 e. The summed E-state index contributed by atoms with van der Waals surface area (Å²) in [6.07, 6.45) is 7.48. The van der Waals surface area contributed by atoms with E-state index in [1.54, 1.807) is 0 Å². The molecule has 0 aromatic rings. The zero-order valence-electron chi connectivity index (χ0n) is 6.86. The van der Waals surface area contributed by atoms with Crippen molar-refractivity contribution in [2.24, 2.45) is 0 Å². The Balaban J connectivity index is 2.65. The molecule has 0 amide bonds. The van der Waals surface area contributed by atoms with E-state index in [0.717, 1.165) is 6.42 Å². The SMILES string of the molecule is CCCCCCCCN[O-]. The van der Waals surface area contributed by atoms with E-state index >= 15 is 0 Å². The summed E-state index contributed by atoms with van der Waals surface area (Å²) in [5.74, 6) is 0. The van der Waals surface area contributed by atoms with E-state index in [1.165, 1.54) is 32.1 Å². The van der Waals surface area contributed by atoms with Crippen molar-refractivity contribution in [2.75, 3.05) is 6.54 Å². The Labute approximate surface area is 63.6 Å². The third kappa shape index (κ3) is 7.92. The van der Waals surface area contributed by atoms with E-state index in [1.807, 2.05) is 5.48 Å². The van der Waals surface area contributed by atoms with E-state index < -0.39 is 0 Å². The Morgan fingerprint density at radius 2 is 1.60 bits per heavy atom. The van der Waals surface area contributed by atoms with Crippen molar-refractivity contribution < 1.29 is 0 Å². The zero-order chi connectivity index (χ0) is 7.66. The van der Waals surface area contributed by atoms with Gasteiger partial charge in [-0.2, -0.15) is 0 Å². The molecule has 1 N–H and O–H groups in total. The first kappa shape index (κ1) is 9.92. The average Bonchev–Trinajstić information content (AvgIpc) is 1.97. The molecule has 0 spiro atoms. The summed E-state index contributed by atoms with van der Waals surface area (Å²) in [5.41, 5.74) is 1.91. The number of hydrogen-bond donors (Lipinski definition) is 1. The van der Waals surface area contributed by atoms with Crippen molar-refractivity contribution in [1.82, 2.24) is 5.48 Å². The Bertz CT molecular complexity index is 49.2. The number of nitrogens with one attached hydrogen (secondary N) is 1.